The first-order chi connectivity index (χ1) is 12.5. The fraction of sp³-hybridized carbons (Fsp3) is 0.222. The van der Waals surface area contributed by atoms with Crippen molar-refractivity contribution in [2.24, 2.45) is 5.10 Å². The lowest BCUT2D eigenvalue weighted by Gasteiger charge is -2.11. The molecule has 136 valence electrons. The van der Waals surface area contributed by atoms with E-state index in [1.165, 1.54) is 18.3 Å². The van der Waals surface area contributed by atoms with Gasteiger partial charge in [-0.2, -0.15) is 5.10 Å². The van der Waals surface area contributed by atoms with Crippen LogP contribution in [0.15, 0.2) is 53.6 Å². The van der Waals surface area contributed by atoms with Crippen LogP contribution in [0.1, 0.15) is 15.9 Å². The maximum Gasteiger partial charge on any atom is 0.271 e. The van der Waals surface area contributed by atoms with Crippen LogP contribution in [-0.2, 0) is 0 Å². The monoisotopic (exact) mass is 356 g/mol. The summed E-state index contributed by atoms with van der Waals surface area (Å²) in [6.45, 7) is 1.36. The molecule has 0 aliphatic rings. The van der Waals surface area contributed by atoms with Gasteiger partial charge in [0.1, 0.15) is 12.4 Å². The van der Waals surface area contributed by atoms with Gasteiger partial charge in [-0.05, 0) is 38.4 Å². The molecular weight excluding hydrogens is 336 g/mol. The van der Waals surface area contributed by atoms with E-state index in [0.717, 1.165) is 6.54 Å². The van der Waals surface area contributed by atoms with Crippen LogP contribution in [0, 0.1) is 10.1 Å². The van der Waals surface area contributed by atoms with Gasteiger partial charge in [0.05, 0.1) is 11.1 Å². The minimum Gasteiger partial charge on any atom is -0.492 e. The number of nitrogens with one attached hydrogen (secondary N) is 1. The maximum atomic E-state index is 12.0. The van der Waals surface area contributed by atoms with Crippen LogP contribution in [-0.4, -0.2) is 49.2 Å². The van der Waals surface area contributed by atoms with Gasteiger partial charge in [0, 0.05) is 29.8 Å². The molecule has 0 saturated carbocycles. The van der Waals surface area contributed by atoms with Gasteiger partial charge in [-0.15, -0.1) is 0 Å². The predicted octanol–water partition coefficient (Wildman–Crippen LogP) is 2.30. The van der Waals surface area contributed by atoms with Crippen molar-refractivity contribution in [1.82, 2.24) is 10.3 Å². The Hall–Kier alpha value is -3.26. The zero-order valence-corrected chi connectivity index (χ0v) is 14.6. The van der Waals surface area contributed by atoms with E-state index >= 15 is 0 Å². The second-order valence-electron chi connectivity index (χ2n) is 5.73. The number of nitrogens with zero attached hydrogens (tertiary/aromatic N) is 3. The SMILES string of the molecule is CN(C)CCOc1ccc(C(=O)N/N=C/c2cccc([N+](=O)[O-])c2)cc1. The Balaban J connectivity index is 1.89. The zero-order chi connectivity index (χ0) is 18.9. The van der Waals surface area contributed by atoms with E-state index in [9.17, 15) is 14.9 Å². The number of rotatable bonds is 8. The highest BCUT2D eigenvalue weighted by Gasteiger charge is 2.06. The van der Waals surface area contributed by atoms with Gasteiger partial charge in [-0.1, -0.05) is 12.1 Å². The smallest absolute Gasteiger partial charge is 0.271 e. The van der Waals surface area contributed by atoms with Crippen LogP contribution >= 0.6 is 0 Å². The quantitative estimate of drug-likeness (QED) is 0.445. The number of hydrogen-bond acceptors (Lipinski definition) is 6. The summed E-state index contributed by atoms with van der Waals surface area (Å²) in [6.07, 6.45) is 1.35. The number of likely N-dealkylation sites (N-methyl/N-ethyl adjacent to an activating group) is 1. The lowest BCUT2D eigenvalue weighted by molar-refractivity contribution is -0.384. The summed E-state index contributed by atoms with van der Waals surface area (Å²) in [5.41, 5.74) is 3.30. The van der Waals surface area contributed by atoms with Crippen LogP contribution in [0.4, 0.5) is 5.69 Å². The van der Waals surface area contributed by atoms with Crippen LogP contribution in [0.5, 0.6) is 5.75 Å². The Kier molecular flexibility index (Phi) is 6.81. The Morgan fingerprint density at radius 1 is 1.27 bits per heavy atom. The van der Waals surface area contributed by atoms with Crippen molar-refractivity contribution >= 4 is 17.8 Å². The third-order valence-corrected chi connectivity index (χ3v) is 3.38. The predicted molar refractivity (Wildman–Crippen MR) is 98.6 cm³/mol. The highest BCUT2D eigenvalue weighted by molar-refractivity contribution is 5.95. The number of non-ortho nitro benzene ring substituents is 1. The average Bonchev–Trinajstić information content (AvgIpc) is 2.62. The normalized spacial score (nSPS) is 10.9. The summed E-state index contributed by atoms with van der Waals surface area (Å²) in [4.78, 5) is 24.3. The molecule has 2 aromatic carbocycles. The minimum atomic E-state index is -0.488. The highest BCUT2D eigenvalue weighted by atomic mass is 16.6. The van der Waals surface area contributed by atoms with Crippen molar-refractivity contribution < 1.29 is 14.5 Å². The van der Waals surface area contributed by atoms with Crippen molar-refractivity contribution in [3.63, 3.8) is 0 Å². The fourth-order valence-electron chi connectivity index (χ4n) is 2.00. The molecule has 2 aromatic rings. The van der Waals surface area contributed by atoms with E-state index in [2.05, 4.69) is 10.5 Å². The lowest BCUT2D eigenvalue weighted by atomic mass is 10.2. The Labute approximate surface area is 151 Å². The molecule has 26 heavy (non-hydrogen) atoms. The molecular formula is C18H20N4O4. The first kappa shape index (κ1) is 19.1. The largest absolute Gasteiger partial charge is 0.492 e. The van der Waals surface area contributed by atoms with Gasteiger partial charge < -0.3 is 9.64 Å². The van der Waals surface area contributed by atoms with Gasteiger partial charge in [0.2, 0.25) is 0 Å². The molecule has 1 N–H and O–H groups in total. The first-order valence-corrected chi connectivity index (χ1v) is 7.91. The van der Waals surface area contributed by atoms with Crippen LogP contribution < -0.4 is 10.2 Å². The molecule has 8 heteroatoms. The summed E-state index contributed by atoms with van der Waals surface area (Å²) in [7, 11) is 3.93. The topological polar surface area (TPSA) is 97.1 Å². The van der Waals surface area contributed by atoms with Crippen molar-refractivity contribution in [3.8, 4) is 5.75 Å². The molecule has 0 radical (unpaired) electrons. The summed E-state index contributed by atoms with van der Waals surface area (Å²) in [5.74, 6) is 0.301. The number of carbonyl (C=O) groups is 1. The molecule has 8 nitrogen and oxygen atoms in total. The van der Waals surface area contributed by atoms with Gasteiger partial charge in [-0.25, -0.2) is 5.43 Å². The van der Waals surface area contributed by atoms with E-state index in [1.54, 1.807) is 36.4 Å². The van der Waals surface area contributed by atoms with Crippen LogP contribution in [0.3, 0.4) is 0 Å². The molecule has 0 fully saturated rings. The average molecular weight is 356 g/mol. The number of amides is 1. The molecule has 0 unspecified atom stereocenters. The Bertz CT molecular complexity index is 788. The Morgan fingerprint density at radius 3 is 2.65 bits per heavy atom. The summed E-state index contributed by atoms with van der Waals surface area (Å²) in [5, 5.41) is 14.6. The molecule has 0 saturated heterocycles. The highest BCUT2D eigenvalue weighted by Crippen LogP contribution is 2.13. The molecule has 0 bridgehead atoms. The van der Waals surface area contributed by atoms with E-state index in [0.29, 0.717) is 23.5 Å². The van der Waals surface area contributed by atoms with E-state index in [1.807, 2.05) is 19.0 Å². The van der Waals surface area contributed by atoms with Gasteiger partial charge >= 0.3 is 0 Å². The summed E-state index contributed by atoms with van der Waals surface area (Å²) >= 11 is 0. The molecule has 0 heterocycles. The molecule has 0 aromatic heterocycles. The third-order valence-electron chi connectivity index (χ3n) is 3.38. The molecule has 0 aliphatic carbocycles. The summed E-state index contributed by atoms with van der Waals surface area (Å²) < 4.78 is 5.56. The van der Waals surface area contributed by atoms with E-state index < -0.39 is 4.92 Å². The number of nitro groups is 1. The summed E-state index contributed by atoms with van der Waals surface area (Å²) in [6, 6.07) is 12.7. The van der Waals surface area contributed by atoms with Crippen LogP contribution in [0.25, 0.3) is 0 Å². The van der Waals surface area contributed by atoms with Gasteiger partial charge in [0.25, 0.3) is 11.6 Å². The molecule has 0 atom stereocenters. The molecule has 1 amide bonds. The maximum absolute atomic E-state index is 12.0. The number of benzene rings is 2. The molecule has 0 spiro atoms. The minimum absolute atomic E-state index is 0.0369. The second kappa shape index (κ2) is 9.28. The van der Waals surface area contributed by atoms with Crippen molar-refractivity contribution in [1.29, 1.82) is 0 Å². The Morgan fingerprint density at radius 2 is 2.00 bits per heavy atom. The van der Waals surface area contributed by atoms with Gasteiger partial charge in [0.15, 0.2) is 0 Å². The number of hydrogen-bond donors (Lipinski definition) is 1. The lowest BCUT2D eigenvalue weighted by Crippen LogP contribution is -2.19. The van der Waals surface area contributed by atoms with Crippen molar-refractivity contribution in [3.05, 3.63) is 69.8 Å². The second-order valence-corrected chi connectivity index (χ2v) is 5.73. The van der Waals surface area contributed by atoms with Crippen LogP contribution in [0.2, 0.25) is 0 Å². The number of carbonyl (C=O) groups excluding carboxylic acids is 1. The fourth-order valence-corrected chi connectivity index (χ4v) is 2.00. The molecule has 2 rings (SSSR count). The first-order valence-electron chi connectivity index (χ1n) is 7.91. The number of nitro benzene ring substituents is 1. The zero-order valence-electron chi connectivity index (χ0n) is 14.6. The van der Waals surface area contributed by atoms with E-state index in [-0.39, 0.29) is 11.6 Å². The third kappa shape index (κ3) is 5.99. The van der Waals surface area contributed by atoms with Gasteiger partial charge in [-0.3, -0.25) is 14.9 Å². The number of hydrazone groups is 1. The van der Waals surface area contributed by atoms with E-state index in [4.69, 9.17) is 4.74 Å². The van der Waals surface area contributed by atoms with Crippen molar-refractivity contribution in [2.75, 3.05) is 27.2 Å². The molecule has 0 aliphatic heterocycles. The standard InChI is InChI=1S/C18H20N4O4/c1-21(2)10-11-26-17-8-6-15(7-9-17)18(23)20-19-13-14-4-3-5-16(12-14)22(24)25/h3-9,12-13H,10-11H2,1-2H3,(H,20,23)/b19-13+. The number of ether oxygens (including phenoxy) is 1. The van der Waals surface area contributed by atoms with Crippen molar-refractivity contribution in [2.45, 2.75) is 0 Å².